The molecule has 2 atom stereocenters. The minimum absolute atomic E-state index is 0.229. The molecule has 0 bridgehead atoms. The van der Waals surface area contributed by atoms with E-state index in [9.17, 15) is 19.5 Å². The molecule has 1 amide bonds. The highest BCUT2D eigenvalue weighted by Gasteiger charge is 2.46. The van der Waals surface area contributed by atoms with Crippen molar-refractivity contribution in [1.29, 1.82) is 0 Å². The fourth-order valence-corrected chi connectivity index (χ4v) is 4.23. The van der Waals surface area contributed by atoms with Crippen LogP contribution in [0.15, 0.2) is 0 Å². The number of rotatable bonds is 10. The van der Waals surface area contributed by atoms with E-state index in [2.05, 4.69) is 5.32 Å². The number of esters is 1. The zero-order chi connectivity index (χ0) is 19.9. The maximum atomic E-state index is 13.2. The molecular weight excluding hydrogens is 350 g/mol. The summed E-state index contributed by atoms with van der Waals surface area (Å²) >= 11 is 0. The lowest BCUT2D eigenvalue weighted by Gasteiger charge is -2.35. The molecule has 1 aliphatic carbocycles. The average molecular weight is 383 g/mol. The van der Waals surface area contributed by atoms with Gasteiger partial charge in [-0.3, -0.25) is 14.9 Å². The first kappa shape index (κ1) is 21.6. The second-order valence-electron chi connectivity index (χ2n) is 7.52. The highest BCUT2D eigenvalue weighted by Crippen LogP contribution is 2.32. The standard InChI is InChI=1S/C19H33N3O5/c1-2-27-18(26)19(10-4-5-11-19)21-14(8-3-6-12-20)16(23)22-13-7-9-15(22)17(24)25/h14-15,21H,2-13,20H2,1H3,(H,24,25)/t14-,15-/m0/s1. The molecule has 1 saturated carbocycles. The number of amides is 1. The van der Waals surface area contributed by atoms with Crippen LogP contribution >= 0.6 is 0 Å². The van der Waals surface area contributed by atoms with E-state index in [4.69, 9.17) is 10.5 Å². The Labute approximate surface area is 160 Å². The Morgan fingerprint density at radius 1 is 1.26 bits per heavy atom. The van der Waals surface area contributed by atoms with Gasteiger partial charge in [0.1, 0.15) is 11.6 Å². The molecule has 0 aromatic rings. The zero-order valence-electron chi connectivity index (χ0n) is 16.2. The predicted molar refractivity (Wildman–Crippen MR) is 100 cm³/mol. The number of carboxylic acid groups (broad SMARTS) is 1. The molecule has 0 aromatic carbocycles. The largest absolute Gasteiger partial charge is 0.480 e. The SMILES string of the molecule is CCOC(=O)C1(N[C@@H](CCCCN)C(=O)N2CCC[C@H]2C(=O)O)CCCC1. The van der Waals surface area contributed by atoms with Crippen molar-refractivity contribution >= 4 is 17.8 Å². The molecule has 1 saturated heterocycles. The lowest BCUT2D eigenvalue weighted by Crippen LogP contribution is -2.60. The van der Waals surface area contributed by atoms with Gasteiger partial charge in [0.05, 0.1) is 12.6 Å². The number of nitrogens with zero attached hydrogens (tertiary/aromatic N) is 1. The van der Waals surface area contributed by atoms with Crippen LogP contribution in [0.4, 0.5) is 0 Å². The van der Waals surface area contributed by atoms with Crippen molar-refractivity contribution in [2.45, 2.75) is 82.3 Å². The van der Waals surface area contributed by atoms with Gasteiger partial charge in [0.2, 0.25) is 5.91 Å². The number of hydrogen-bond donors (Lipinski definition) is 3. The average Bonchev–Trinajstić information content (AvgIpc) is 3.31. The van der Waals surface area contributed by atoms with Crippen LogP contribution in [0.1, 0.15) is 64.7 Å². The van der Waals surface area contributed by atoms with E-state index >= 15 is 0 Å². The number of likely N-dealkylation sites (tertiary alicyclic amines) is 1. The van der Waals surface area contributed by atoms with Crippen molar-refractivity contribution in [2.75, 3.05) is 19.7 Å². The van der Waals surface area contributed by atoms with Crippen molar-refractivity contribution in [3.63, 3.8) is 0 Å². The van der Waals surface area contributed by atoms with Gasteiger partial charge in [-0.15, -0.1) is 0 Å². The number of hydrogen-bond acceptors (Lipinski definition) is 6. The van der Waals surface area contributed by atoms with Gasteiger partial charge in [-0.05, 0) is 52.0 Å². The summed E-state index contributed by atoms with van der Waals surface area (Å²) in [5.74, 6) is -1.51. The van der Waals surface area contributed by atoms with Gasteiger partial charge in [-0.2, -0.15) is 0 Å². The van der Waals surface area contributed by atoms with Crippen LogP contribution in [0.25, 0.3) is 0 Å². The lowest BCUT2D eigenvalue weighted by atomic mass is 9.94. The minimum atomic E-state index is -0.970. The van der Waals surface area contributed by atoms with Crippen molar-refractivity contribution in [2.24, 2.45) is 5.73 Å². The Kier molecular flexibility index (Phi) is 8.04. The van der Waals surface area contributed by atoms with E-state index in [0.717, 1.165) is 25.7 Å². The first-order valence-electron chi connectivity index (χ1n) is 10.1. The fourth-order valence-electron chi connectivity index (χ4n) is 4.23. The molecule has 0 radical (unpaired) electrons. The summed E-state index contributed by atoms with van der Waals surface area (Å²) in [7, 11) is 0. The molecule has 154 valence electrons. The summed E-state index contributed by atoms with van der Waals surface area (Å²) in [6, 6.07) is -1.38. The maximum absolute atomic E-state index is 13.2. The molecule has 4 N–H and O–H groups in total. The molecular formula is C19H33N3O5. The third-order valence-electron chi connectivity index (χ3n) is 5.64. The Morgan fingerprint density at radius 3 is 2.56 bits per heavy atom. The zero-order valence-corrected chi connectivity index (χ0v) is 16.2. The number of nitrogens with one attached hydrogen (secondary N) is 1. The number of unbranched alkanes of at least 4 members (excludes halogenated alkanes) is 1. The number of carbonyl (C=O) groups is 3. The normalized spacial score (nSPS) is 22.6. The minimum Gasteiger partial charge on any atom is -0.480 e. The van der Waals surface area contributed by atoms with Crippen LogP contribution in [0.3, 0.4) is 0 Å². The van der Waals surface area contributed by atoms with Gasteiger partial charge in [-0.1, -0.05) is 19.3 Å². The summed E-state index contributed by atoms with van der Waals surface area (Å²) in [4.78, 5) is 38.8. The summed E-state index contributed by atoms with van der Waals surface area (Å²) in [6.07, 6.45) is 6.27. The fraction of sp³-hybridized carbons (Fsp3) is 0.842. The first-order valence-corrected chi connectivity index (χ1v) is 10.1. The molecule has 1 heterocycles. The number of nitrogens with two attached hydrogens (primary N) is 1. The van der Waals surface area contributed by atoms with Crippen LogP contribution in [0.5, 0.6) is 0 Å². The third-order valence-corrected chi connectivity index (χ3v) is 5.64. The molecule has 8 nitrogen and oxygen atoms in total. The second kappa shape index (κ2) is 10.0. The van der Waals surface area contributed by atoms with Crippen LogP contribution in [-0.4, -0.2) is 65.2 Å². The highest BCUT2D eigenvalue weighted by atomic mass is 16.5. The number of carbonyl (C=O) groups excluding carboxylic acids is 2. The second-order valence-corrected chi connectivity index (χ2v) is 7.52. The van der Waals surface area contributed by atoms with E-state index < -0.39 is 23.6 Å². The van der Waals surface area contributed by atoms with E-state index in [1.165, 1.54) is 4.90 Å². The monoisotopic (exact) mass is 383 g/mol. The Morgan fingerprint density at radius 2 is 1.96 bits per heavy atom. The quantitative estimate of drug-likeness (QED) is 0.380. The molecule has 2 aliphatic rings. The van der Waals surface area contributed by atoms with Gasteiger partial charge in [0, 0.05) is 6.54 Å². The van der Waals surface area contributed by atoms with Gasteiger partial charge in [0.25, 0.3) is 0 Å². The molecule has 8 heteroatoms. The van der Waals surface area contributed by atoms with Crippen molar-refractivity contribution in [3.8, 4) is 0 Å². The molecule has 0 unspecified atom stereocenters. The van der Waals surface area contributed by atoms with Crippen LogP contribution < -0.4 is 11.1 Å². The molecule has 0 spiro atoms. The first-order chi connectivity index (χ1) is 12.9. The summed E-state index contributed by atoms with van der Waals surface area (Å²) in [5, 5.41) is 12.7. The van der Waals surface area contributed by atoms with Crippen molar-refractivity contribution < 1.29 is 24.2 Å². The molecule has 0 aromatic heterocycles. The maximum Gasteiger partial charge on any atom is 0.326 e. The Hall–Kier alpha value is -1.67. The van der Waals surface area contributed by atoms with Crippen LogP contribution in [0.2, 0.25) is 0 Å². The smallest absolute Gasteiger partial charge is 0.326 e. The summed E-state index contributed by atoms with van der Waals surface area (Å²) in [5.41, 5.74) is 4.73. The van der Waals surface area contributed by atoms with Crippen LogP contribution in [0, 0.1) is 0 Å². The van der Waals surface area contributed by atoms with E-state index in [1.54, 1.807) is 6.92 Å². The van der Waals surface area contributed by atoms with Gasteiger partial charge in [-0.25, -0.2) is 4.79 Å². The highest BCUT2D eigenvalue weighted by molar-refractivity contribution is 5.89. The van der Waals surface area contributed by atoms with Gasteiger partial charge in [0.15, 0.2) is 0 Å². The summed E-state index contributed by atoms with van der Waals surface area (Å²) in [6.45, 7) is 3.04. The third kappa shape index (κ3) is 5.19. The summed E-state index contributed by atoms with van der Waals surface area (Å²) < 4.78 is 5.28. The number of carboxylic acids is 1. The van der Waals surface area contributed by atoms with E-state index in [-0.39, 0.29) is 11.9 Å². The molecule has 27 heavy (non-hydrogen) atoms. The van der Waals surface area contributed by atoms with Crippen molar-refractivity contribution in [3.05, 3.63) is 0 Å². The predicted octanol–water partition coefficient (Wildman–Crippen LogP) is 1.03. The van der Waals surface area contributed by atoms with Crippen LogP contribution in [-0.2, 0) is 19.1 Å². The molecule has 1 aliphatic heterocycles. The molecule has 2 rings (SSSR count). The number of ether oxygens (including phenoxy) is 1. The van der Waals surface area contributed by atoms with Crippen molar-refractivity contribution in [1.82, 2.24) is 10.2 Å². The number of aliphatic carboxylic acids is 1. The van der Waals surface area contributed by atoms with Gasteiger partial charge >= 0.3 is 11.9 Å². The Bertz CT molecular complexity index is 533. The Balaban J connectivity index is 2.18. The van der Waals surface area contributed by atoms with E-state index in [0.29, 0.717) is 51.8 Å². The van der Waals surface area contributed by atoms with Gasteiger partial charge < -0.3 is 20.5 Å². The van der Waals surface area contributed by atoms with E-state index in [1.807, 2.05) is 0 Å². The molecule has 2 fully saturated rings. The lowest BCUT2D eigenvalue weighted by molar-refractivity contribution is -0.154. The topological polar surface area (TPSA) is 122 Å².